The van der Waals surface area contributed by atoms with Gasteiger partial charge in [-0.15, -0.1) is 0 Å². The Bertz CT molecular complexity index is 304. The Kier molecular flexibility index (Phi) is 6.56. The number of hydrogen-bond acceptors (Lipinski definition) is 4. The third-order valence-corrected chi connectivity index (χ3v) is 2.64. The van der Waals surface area contributed by atoms with Crippen molar-refractivity contribution in [3.8, 4) is 0 Å². The number of methoxy groups -OCH3 is 1. The molecular weight excluding hydrogens is 272 g/mol. The molecule has 0 aromatic carbocycles. The molecule has 0 aliphatic heterocycles. The smallest absolute Gasteiger partial charge is 0.0616 e. The largest absolute Gasteiger partial charge is 0.396 e. The van der Waals surface area contributed by atoms with Gasteiger partial charge in [-0.05, 0) is 34.0 Å². The second-order valence-corrected chi connectivity index (χ2v) is 4.47. The molecule has 0 saturated heterocycles. The molecule has 0 aliphatic carbocycles. The van der Waals surface area contributed by atoms with Crippen molar-refractivity contribution in [3.63, 3.8) is 0 Å². The van der Waals surface area contributed by atoms with E-state index in [4.69, 9.17) is 9.84 Å². The summed E-state index contributed by atoms with van der Waals surface area (Å²) in [7, 11) is 1.66. The fraction of sp³-hybridized carbons (Fsp3) is 0.545. The van der Waals surface area contributed by atoms with Crippen molar-refractivity contribution in [1.29, 1.82) is 0 Å². The molecule has 0 bridgehead atoms. The maximum atomic E-state index is 8.89. The minimum atomic E-state index is 0.164. The van der Waals surface area contributed by atoms with Crippen molar-refractivity contribution in [2.24, 2.45) is 0 Å². The lowest BCUT2D eigenvalue weighted by Gasteiger charge is -2.16. The Balaban J connectivity index is 2.41. The van der Waals surface area contributed by atoms with Gasteiger partial charge in [-0.2, -0.15) is 0 Å². The zero-order valence-corrected chi connectivity index (χ0v) is 10.9. The SMILES string of the molecule is COCC(CCO)NCc1cncc(Br)c1. The summed E-state index contributed by atoms with van der Waals surface area (Å²) >= 11 is 3.38. The topological polar surface area (TPSA) is 54.4 Å². The Morgan fingerprint density at radius 2 is 2.38 bits per heavy atom. The Hall–Kier alpha value is -0.490. The van der Waals surface area contributed by atoms with E-state index in [0.29, 0.717) is 13.0 Å². The minimum Gasteiger partial charge on any atom is -0.396 e. The summed E-state index contributed by atoms with van der Waals surface area (Å²) in [5.41, 5.74) is 1.11. The first-order valence-electron chi connectivity index (χ1n) is 5.19. The van der Waals surface area contributed by atoms with Crippen molar-refractivity contribution in [3.05, 3.63) is 28.5 Å². The van der Waals surface area contributed by atoms with Gasteiger partial charge in [0.25, 0.3) is 0 Å². The molecule has 0 amide bonds. The maximum absolute atomic E-state index is 8.89. The van der Waals surface area contributed by atoms with Gasteiger partial charge >= 0.3 is 0 Å². The molecule has 1 unspecified atom stereocenters. The first-order chi connectivity index (χ1) is 7.76. The summed E-state index contributed by atoms with van der Waals surface area (Å²) < 4.78 is 6.04. The number of aromatic nitrogens is 1. The lowest BCUT2D eigenvalue weighted by molar-refractivity contribution is 0.148. The average Bonchev–Trinajstić information content (AvgIpc) is 2.27. The molecular formula is C11H17BrN2O2. The molecule has 1 heterocycles. The van der Waals surface area contributed by atoms with Crippen LogP contribution >= 0.6 is 15.9 Å². The number of pyridine rings is 1. The maximum Gasteiger partial charge on any atom is 0.0616 e. The van der Waals surface area contributed by atoms with Gasteiger partial charge in [0.05, 0.1) is 6.61 Å². The van der Waals surface area contributed by atoms with E-state index in [1.165, 1.54) is 0 Å². The highest BCUT2D eigenvalue weighted by Crippen LogP contribution is 2.09. The summed E-state index contributed by atoms with van der Waals surface area (Å²) in [5.74, 6) is 0. The van der Waals surface area contributed by atoms with Crippen LogP contribution in [-0.4, -0.2) is 36.5 Å². The second-order valence-electron chi connectivity index (χ2n) is 3.56. The molecule has 0 saturated carbocycles. The molecule has 1 aromatic heterocycles. The van der Waals surface area contributed by atoms with Crippen molar-refractivity contribution >= 4 is 15.9 Å². The van der Waals surface area contributed by atoms with E-state index >= 15 is 0 Å². The summed E-state index contributed by atoms with van der Waals surface area (Å²) in [5, 5.41) is 12.2. The zero-order valence-electron chi connectivity index (χ0n) is 9.32. The van der Waals surface area contributed by atoms with E-state index in [1.54, 1.807) is 13.3 Å². The van der Waals surface area contributed by atoms with Crippen LogP contribution in [0.4, 0.5) is 0 Å². The van der Waals surface area contributed by atoms with Crippen LogP contribution in [0.2, 0.25) is 0 Å². The predicted octanol–water partition coefficient (Wildman–Crippen LogP) is 1.33. The fourth-order valence-corrected chi connectivity index (χ4v) is 1.83. The van der Waals surface area contributed by atoms with E-state index in [1.807, 2.05) is 12.3 Å². The van der Waals surface area contributed by atoms with E-state index in [9.17, 15) is 0 Å². The number of nitrogens with zero attached hydrogens (tertiary/aromatic N) is 1. The number of halogens is 1. The summed E-state index contributed by atoms with van der Waals surface area (Å²) in [6, 6.07) is 2.19. The van der Waals surface area contributed by atoms with E-state index in [-0.39, 0.29) is 12.6 Å². The molecule has 4 nitrogen and oxygen atoms in total. The monoisotopic (exact) mass is 288 g/mol. The third-order valence-electron chi connectivity index (χ3n) is 2.20. The minimum absolute atomic E-state index is 0.164. The number of aliphatic hydroxyl groups excluding tert-OH is 1. The number of rotatable bonds is 7. The second kappa shape index (κ2) is 7.73. The van der Waals surface area contributed by atoms with E-state index in [2.05, 4.69) is 26.2 Å². The first kappa shape index (κ1) is 13.6. The van der Waals surface area contributed by atoms with Gasteiger partial charge in [-0.25, -0.2) is 0 Å². The number of ether oxygens (including phenoxy) is 1. The van der Waals surface area contributed by atoms with Crippen LogP contribution in [0.5, 0.6) is 0 Å². The average molecular weight is 289 g/mol. The first-order valence-corrected chi connectivity index (χ1v) is 5.98. The van der Waals surface area contributed by atoms with E-state index in [0.717, 1.165) is 16.6 Å². The summed E-state index contributed by atoms with van der Waals surface area (Å²) in [4.78, 5) is 4.09. The fourth-order valence-electron chi connectivity index (χ4n) is 1.42. The molecule has 5 heteroatoms. The van der Waals surface area contributed by atoms with Crippen LogP contribution in [0.15, 0.2) is 22.9 Å². The van der Waals surface area contributed by atoms with Crippen LogP contribution in [0.1, 0.15) is 12.0 Å². The van der Waals surface area contributed by atoms with Crippen LogP contribution in [0, 0.1) is 0 Å². The summed E-state index contributed by atoms with van der Waals surface area (Å²) in [6.45, 7) is 1.49. The van der Waals surface area contributed by atoms with Crippen LogP contribution in [-0.2, 0) is 11.3 Å². The van der Waals surface area contributed by atoms with Crippen LogP contribution in [0.3, 0.4) is 0 Å². The highest BCUT2D eigenvalue weighted by Gasteiger charge is 2.06. The van der Waals surface area contributed by atoms with Gasteiger partial charge in [-0.3, -0.25) is 4.98 Å². The van der Waals surface area contributed by atoms with Gasteiger partial charge in [0.1, 0.15) is 0 Å². The van der Waals surface area contributed by atoms with Gasteiger partial charge in [0.2, 0.25) is 0 Å². The van der Waals surface area contributed by atoms with Crippen molar-refractivity contribution < 1.29 is 9.84 Å². The number of nitrogens with one attached hydrogen (secondary N) is 1. The standard InChI is InChI=1S/C11H17BrN2O2/c1-16-8-11(2-3-15)14-6-9-4-10(12)7-13-5-9/h4-5,7,11,14-15H,2-3,6,8H2,1H3. The molecule has 0 radical (unpaired) electrons. The lowest BCUT2D eigenvalue weighted by Crippen LogP contribution is -2.33. The zero-order chi connectivity index (χ0) is 11.8. The van der Waals surface area contributed by atoms with Crippen LogP contribution < -0.4 is 5.32 Å². The molecule has 90 valence electrons. The summed E-state index contributed by atoms with van der Waals surface area (Å²) in [6.07, 6.45) is 4.26. The normalized spacial score (nSPS) is 12.7. The van der Waals surface area contributed by atoms with Crippen molar-refractivity contribution in [1.82, 2.24) is 10.3 Å². The third kappa shape index (κ3) is 5.03. The van der Waals surface area contributed by atoms with Gasteiger partial charge in [-0.1, -0.05) is 0 Å². The van der Waals surface area contributed by atoms with Gasteiger partial charge in [0.15, 0.2) is 0 Å². The van der Waals surface area contributed by atoms with Gasteiger partial charge in [0, 0.05) is 43.2 Å². The van der Waals surface area contributed by atoms with Gasteiger partial charge < -0.3 is 15.2 Å². The Morgan fingerprint density at radius 1 is 1.56 bits per heavy atom. The number of hydrogen-bond donors (Lipinski definition) is 2. The molecule has 0 fully saturated rings. The number of aliphatic hydroxyl groups is 1. The van der Waals surface area contributed by atoms with Crippen molar-refractivity contribution in [2.45, 2.75) is 19.0 Å². The quantitative estimate of drug-likeness (QED) is 0.795. The Morgan fingerprint density at radius 3 is 3.00 bits per heavy atom. The van der Waals surface area contributed by atoms with Crippen LogP contribution in [0.25, 0.3) is 0 Å². The lowest BCUT2D eigenvalue weighted by atomic mass is 10.2. The molecule has 0 aliphatic rings. The molecule has 0 spiro atoms. The molecule has 1 rings (SSSR count). The molecule has 2 N–H and O–H groups in total. The van der Waals surface area contributed by atoms with Crippen molar-refractivity contribution in [2.75, 3.05) is 20.3 Å². The highest BCUT2D eigenvalue weighted by molar-refractivity contribution is 9.10. The highest BCUT2D eigenvalue weighted by atomic mass is 79.9. The molecule has 16 heavy (non-hydrogen) atoms. The van der Waals surface area contributed by atoms with E-state index < -0.39 is 0 Å². The predicted molar refractivity (Wildman–Crippen MR) is 66.1 cm³/mol. The molecule has 1 aromatic rings. The molecule has 1 atom stereocenters. The Labute approximate surface area is 104 Å².